The Balaban J connectivity index is 1.68. The fourth-order valence-corrected chi connectivity index (χ4v) is 3.82. The lowest BCUT2D eigenvalue weighted by Crippen LogP contribution is -2.52. The van der Waals surface area contributed by atoms with Crippen molar-refractivity contribution < 1.29 is 9.21 Å². The highest BCUT2D eigenvalue weighted by molar-refractivity contribution is 5.75. The summed E-state index contributed by atoms with van der Waals surface area (Å²) in [6.45, 7) is 13.3. The van der Waals surface area contributed by atoms with E-state index in [1.54, 1.807) is 0 Å². The number of nitrogens with one attached hydrogen (secondary N) is 1. The van der Waals surface area contributed by atoms with Gasteiger partial charge in [0.05, 0.1) is 6.04 Å². The SMILES string of the molecule is CCN1CCN(C(=O)NC2CC(C)(C)Cc3oc(C)cc32)CC1. The first-order valence-electron chi connectivity index (χ1n) is 8.75. The molecule has 0 saturated carbocycles. The molecule has 0 aromatic carbocycles. The highest BCUT2D eigenvalue weighted by Crippen LogP contribution is 2.42. The molecule has 1 aromatic rings. The predicted octanol–water partition coefficient (Wildman–Crippen LogP) is 2.95. The van der Waals surface area contributed by atoms with Crippen LogP contribution in [-0.4, -0.2) is 48.6 Å². The third-order valence-electron chi connectivity index (χ3n) is 5.14. The van der Waals surface area contributed by atoms with Crippen LogP contribution in [0.1, 0.15) is 50.3 Å². The van der Waals surface area contributed by atoms with Crippen LogP contribution in [0.5, 0.6) is 0 Å². The Hall–Kier alpha value is -1.49. The first kappa shape index (κ1) is 16.4. The van der Waals surface area contributed by atoms with Gasteiger partial charge in [-0.05, 0) is 31.4 Å². The van der Waals surface area contributed by atoms with Crippen LogP contribution in [0.4, 0.5) is 4.79 Å². The lowest BCUT2D eigenvalue weighted by molar-refractivity contribution is 0.136. The zero-order chi connectivity index (χ0) is 16.6. The highest BCUT2D eigenvalue weighted by Gasteiger charge is 2.36. The van der Waals surface area contributed by atoms with Crippen molar-refractivity contribution in [2.45, 2.75) is 46.6 Å². The molecule has 1 aliphatic heterocycles. The largest absolute Gasteiger partial charge is 0.466 e. The molecule has 1 fully saturated rings. The molecular weight excluding hydrogens is 290 g/mol. The van der Waals surface area contributed by atoms with Crippen molar-refractivity contribution in [3.8, 4) is 0 Å². The first-order valence-corrected chi connectivity index (χ1v) is 8.75. The van der Waals surface area contributed by atoms with Gasteiger partial charge in [-0.15, -0.1) is 0 Å². The Bertz CT molecular complexity index is 571. The van der Waals surface area contributed by atoms with E-state index in [2.05, 4.69) is 37.1 Å². The maximum atomic E-state index is 12.7. The van der Waals surface area contributed by atoms with Gasteiger partial charge in [0.2, 0.25) is 0 Å². The van der Waals surface area contributed by atoms with E-state index < -0.39 is 0 Å². The molecule has 1 aromatic heterocycles. The van der Waals surface area contributed by atoms with Crippen LogP contribution in [0, 0.1) is 12.3 Å². The second-order valence-corrected chi connectivity index (χ2v) is 7.70. The van der Waals surface area contributed by atoms with Gasteiger partial charge in [-0.2, -0.15) is 0 Å². The molecule has 0 radical (unpaired) electrons. The molecule has 2 aliphatic rings. The molecular formula is C18H29N3O2. The van der Waals surface area contributed by atoms with Gasteiger partial charge in [-0.25, -0.2) is 4.79 Å². The number of nitrogens with zero attached hydrogens (tertiary/aromatic N) is 2. The van der Waals surface area contributed by atoms with Crippen molar-refractivity contribution in [2.75, 3.05) is 32.7 Å². The van der Waals surface area contributed by atoms with E-state index in [0.29, 0.717) is 0 Å². The number of furan rings is 1. The van der Waals surface area contributed by atoms with Crippen molar-refractivity contribution in [1.82, 2.24) is 15.1 Å². The normalized spacial score (nSPS) is 24.3. The molecule has 1 N–H and O–H groups in total. The number of rotatable bonds is 2. The Morgan fingerprint density at radius 3 is 2.70 bits per heavy atom. The van der Waals surface area contributed by atoms with Gasteiger partial charge in [-0.3, -0.25) is 0 Å². The lowest BCUT2D eigenvalue weighted by atomic mass is 9.75. The zero-order valence-electron chi connectivity index (χ0n) is 14.8. The van der Waals surface area contributed by atoms with Crippen LogP contribution >= 0.6 is 0 Å². The topological polar surface area (TPSA) is 48.7 Å². The summed E-state index contributed by atoms with van der Waals surface area (Å²) < 4.78 is 5.86. The number of likely N-dealkylation sites (N-methyl/N-ethyl adjacent to an activating group) is 1. The van der Waals surface area contributed by atoms with Gasteiger partial charge in [0.25, 0.3) is 0 Å². The molecule has 1 atom stereocenters. The molecule has 23 heavy (non-hydrogen) atoms. The van der Waals surface area contributed by atoms with Crippen molar-refractivity contribution in [3.05, 3.63) is 23.2 Å². The number of piperazine rings is 1. The van der Waals surface area contributed by atoms with E-state index in [-0.39, 0.29) is 17.5 Å². The minimum Gasteiger partial charge on any atom is -0.466 e. The maximum Gasteiger partial charge on any atom is 0.317 e. The van der Waals surface area contributed by atoms with E-state index in [0.717, 1.165) is 57.1 Å². The fraction of sp³-hybridized carbons (Fsp3) is 0.722. The second-order valence-electron chi connectivity index (χ2n) is 7.70. The van der Waals surface area contributed by atoms with Gasteiger partial charge in [-0.1, -0.05) is 20.8 Å². The molecule has 2 heterocycles. The Morgan fingerprint density at radius 1 is 1.35 bits per heavy atom. The molecule has 1 saturated heterocycles. The summed E-state index contributed by atoms with van der Waals surface area (Å²) in [6, 6.07) is 2.21. The molecule has 5 heteroatoms. The molecule has 0 bridgehead atoms. The van der Waals surface area contributed by atoms with Crippen molar-refractivity contribution in [3.63, 3.8) is 0 Å². The Kier molecular flexibility index (Phi) is 4.41. The predicted molar refractivity (Wildman–Crippen MR) is 90.5 cm³/mol. The molecule has 128 valence electrons. The van der Waals surface area contributed by atoms with Crippen LogP contribution in [0.3, 0.4) is 0 Å². The van der Waals surface area contributed by atoms with Crippen molar-refractivity contribution in [2.24, 2.45) is 5.41 Å². The fourth-order valence-electron chi connectivity index (χ4n) is 3.82. The van der Waals surface area contributed by atoms with Crippen molar-refractivity contribution in [1.29, 1.82) is 0 Å². The molecule has 1 unspecified atom stereocenters. The van der Waals surface area contributed by atoms with Crippen LogP contribution in [0.25, 0.3) is 0 Å². The summed E-state index contributed by atoms with van der Waals surface area (Å²) in [7, 11) is 0. The number of aryl methyl sites for hydroxylation is 1. The summed E-state index contributed by atoms with van der Waals surface area (Å²) >= 11 is 0. The molecule has 0 spiro atoms. The third kappa shape index (κ3) is 3.55. The summed E-state index contributed by atoms with van der Waals surface area (Å²) in [6.07, 6.45) is 1.90. The summed E-state index contributed by atoms with van der Waals surface area (Å²) in [5.41, 5.74) is 1.32. The third-order valence-corrected chi connectivity index (χ3v) is 5.14. The number of amides is 2. The number of carbonyl (C=O) groups excluding carboxylic acids is 1. The highest BCUT2D eigenvalue weighted by atomic mass is 16.3. The maximum absolute atomic E-state index is 12.7. The summed E-state index contributed by atoms with van der Waals surface area (Å²) in [4.78, 5) is 17.0. The van der Waals surface area contributed by atoms with Gasteiger partial charge < -0.3 is 19.5 Å². The minimum absolute atomic E-state index is 0.0582. The number of urea groups is 1. The minimum atomic E-state index is 0.0582. The molecule has 2 amide bonds. The number of carbonyl (C=O) groups is 1. The second kappa shape index (κ2) is 6.19. The van der Waals surface area contributed by atoms with Crippen LogP contribution in [0.15, 0.2) is 10.5 Å². The van der Waals surface area contributed by atoms with E-state index in [9.17, 15) is 4.79 Å². The quantitative estimate of drug-likeness (QED) is 0.912. The van der Waals surface area contributed by atoms with Crippen LogP contribution < -0.4 is 5.32 Å². The Morgan fingerprint density at radius 2 is 2.04 bits per heavy atom. The number of hydrogen-bond acceptors (Lipinski definition) is 3. The van der Waals surface area contributed by atoms with E-state index in [1.807, 2.05) is 11.8 Å². The molecule has 3 rings (SSSR count). The smallest absolute Gasteiger partial charge is 0.317 e. The van der Waals surface area contributed by atoms with Crippen LogP contribution in [-0.2, 0) is 6.42 Å². The van der Waals surface area contributed by atoms with Gasteiger partial charge >= 0.3 is 6.03 Å². The Labute approximate surface area is 139 Å². The van der Waals surface area contributed by atoms with Gasteiger partial charge in [0, 0.05) is 38.2 Å². The van der Waals surface area contributed by atoms with E-state index >= 15 is 0 Å². The van der Waals surface area contributed by atoms with Gasteiger partial charge in [0.1, 0.15) is 11.5 Å². The lowest BCUT2D eigenvalue weighted by Gasteiger charge is -2.38. The van der Waals surface area contributed by atoms with Crippen molar-refractivity contribution >= 4 is 6.03 Å². The zero-order valence-corrected chi connectivity index (χ0v) is 14.8. The van der Waals surface area contributed by atoms with Gasteiger partial charge in [0.15, 0.2) is 0 Å². The summed E-state index contributed by atoms with van der Waals surface area (Å²) in [5.74, 6) is 1.98. The average molecular weight is 319 g/mol. The average Bonchev–Trinajstić information content (AvgIpc) is 2.86. The number of fused-ring (bicyclic) bond motifs is 1. The van der Waals surface area contributed by atoms with Crippen LogP contribution in [0.2, 0.25) is 0 Å². The first-order chi connectivity index (χ1) is 10.9. The molecule has 1 aliphatic carbocycles. The molecule has 5 nitrogen and oxygen atoms in total. The van der Waals surface area contributed by atoms with E-state index in [1.165, 1.54) is 5.56 Å². The summed E-state index contributed by atoms with van der Waals surface area (Å²) in [5, 5.41) is 3.26. The standard InChI is InChI=1S/C18H29N3O2/c1-5-20-6-8-21(9-7-20)17(22)19-15-11-18(3,4)12-16-14(15)10-13(2)23-16/h10,15H,5-9,11-12H2,1-4H3,(H,19,22). The monoisotopic (exact) mass is 319 g/mol. The van der Waals surface area contributed by atoms with E-state index in [4.69, 9.17) is 4.42 Å². The number of hydrogen-bond donors (Lipinski definition) is 1.